The highest BCUT2D eigenvalue weighted by Crippen LogP contribution is 2.23. The second-order valence-corrected chi connectivity index (χ2v) is 9.05. The van der Waals surface area contributed by atoms with Crippen LogP contribution in [0.5, 0.6) is 0 Å². The predicted octanol–water partition coefficient (Wildman–Crippen LogP) is 2.51. The Labute approximate surface area is 201 Å². The third-order valence-electron chi connectivity index (χ3n) is 6.04. The fourth-order valence-electron chi connectivity index (χ4n) is 4.25. The molecule has 10 nitrogen and oxygen atoms in total. The van der Waals surface area contributed by atoms with E-state index in [1.54, 1.807) is 36.7 Å². The van der Waals surface area contributed by atoms with Crippen molar-refractivity contribution >= 4 is 22.7 Å². The normalized spacial score (nSPS) is 13.4. The molecule has 0 saturated carbocycles. The first-order valence-corrected chi connectivity index (χ1v) is 11.5. The lowest BCUT2D eigenvalue weighted by molar-refractivity contribution is 0.0738. The molecule has 1 aromatic carbocycles. The van der Waals surface area contributed by atoms with E-state index in [0.717, 1.165) is 25.2 Å². The van der Waals surface area contributed by atoms with Crippen molar-refractivity contribution in [3.8, 4) is 11.9 Å². The first kappa shape index (κ1) is 22.7. The maximum absolute atomic E-state index is 13.2. The van der Waals surface area contributed by atoms with Gasteiger partial charge in [-0.25, -0.2) is 19.3 Å². The van der Waals surface area contributed by atoms with Crippen molar-refractivity contribution < 1.29 is 5.11 Å². The molecule has 4 aromatic rings. The molecule has 1 aliphatic rings. The van der Waals surface area contributed by atoms with Crippen molar-refractivity contribution in [3.05, 3.63) is 69.8 Å². The van der Waals surface area contributed by atoms with E-state index in [4.69, 9.17) is 5.26 Å². The summed E-state index contributed by atoms with van der Waals surface area (Å²) in [4.78, 5) is 26.8. The summed E-state index contributed by atoms with van der Waals surface area (Å²) in [5.74, 6) is 0.755. The number of aromatic nitrogens is 5. The molecule has 10 heteroatoms. The summed E-state index contributed by atoms with van der Waals surface area (Å²) in [5.41, 5.74) is 2.75. The van der Waals surface area contributed by atoms with Gasteiger partial charge < -0.3 is 15.7 Å². The molecule has 0 atom stereocenters. The van der Waals surface area contributed by atoms with E-state index < -0.39 is 5.60 Å². The molecule has 3 aromatic heterocycles. The van der Waals surface area contributed by atoms with Gasteiger partial charge in [-0.2, -0.15) is 10.2 Å². The number of hydrogen-bond acceptors (Lipinski definition) is 8. The molecule has 178 valence electrons. The molecule has 0 radical (unpaired) electrons. The van der Waals surface area contributed by atoms with Crippen LogP contribution in [0.15, 0.2) is 47.4 Å². The number of aliphatic hydroxyl groups is 1. The summed E-state index contributed by atoms with van der Waals surface area (Å²) in [7, 11) is 0. The maximum atomic E-state index is 13.2. The molecule has 0 amide bonds. The third kappa shape index (κ3) is 4.39. The topological polar surface area (TPSA) is 134 Å². The number of hydrogen-bond donors (Lipinski definition) is 3. The van der Waals surface area contributed by atoms with E-state index in [0.29, 0.717) is 28.5 Å². The lowest BCUT2D eigenvalue weighted by atomic mass is 10.0. The number of benzene rings is 1. The summed E-state index contributed by atoms with van der Waals surface area (Å²) < 4.78 is 3.03. The van der Waals surface area contributed by atoms with Gasteiger partial charge in [0.15, 0.2) is 11.5 Å². The lowest BCUT2D eigenvalue weighted by Gasteiger charge is -2.18. The van der Waals surface area contributed by atoms with Gasteiger partial charge in [0.2, 0.25) is 5.95 Å². The standard InChI is InChI=1S/C25H26N8O2/c1-25(2,35)20-5-3-6-21(30-20)33-22-19(23(34)32(33)12-4-10-26)15-28-24(31-22)29-18-8-7-16-9-11-27-14-17(16)13-18/h3,5-8,13,15,27,35H,4,9,11-12,14H2,1-2H3,(H,28,29,31). The Morgan fingerprint density at radius 3 is 2.89 bits per heavy atom. The van der Waals surface area contributed by atoms with Crippen LogP contribution in [0.2, 0.25) is 0 Å². The first-order chi connectivity index (χ1) is 16.8. The highest BCUT2D eigenvalue weighted by atomic mass is 16.3. The van der Waals surface area contributed by atoms with Crippen LogP contribution in [-0.4, -0.2) is 36.0 Å². The van der Waals surface area contributed by atoms with E-state index >= 15 is 0 Å². The van der Waals surface area contributed by atoms with Crippen molar-refractivity contribution in [1.82, 2.24) is 29.6 Å². The monoisotopic (exact) mass is 470 g/mol. The summed E-state index contributed by atoms with van der Waals surface area (Å²) >= 11 is 0. The van der Waals surface area contributed by atoms with E-state index in [1.807, 2.05) is 6.07 Å². The smallest absolute Gasteiger partial charge is 0.278 e. The molecule has 0 fully saturated rings. The highest BCUT2D eigenvalue weighted by molar-refractivity contribution is 5.77. The number of rotatable bonds is 6. The Morgan fingerprint density at radius 1 is 1.23 bits per heavy atom. The Hall–Kier alpha value is -4.07. The van der Waals surface area contributed by atoms with Crippen LogP contribution in [0.3, 0.4) is 0 Å². The molecular weight excluding hydrogens is 444 g/mol. The number of pyridine rings is 1. The van der Waals surface area contributed by atoms with E-state index in [1.165, 1.54) is 22.0 Å². The minimum atomic E-state index is -1.17. The number of anilines is 2. The third-order valence-corrected chi connectivity index (χ3v) is 6.04. The second kappa shape index (κ2) is 8.94. The summed E-state index contributed by atoms with van der Waals surface area (Å²) in [6, 6.07) is 13.5. The molecule has 3 N–H and O–H groups in total. The number of nitrogens with one attached hydrogen (secondary N) is 2. The van der Waals surface area contributed by atoms with Gasteiger partial charge in [-0.05, 0) is 62.2 Å². The number of nitrogens with zero attached hydrogens (tertiary/aromatic N) is 6. The molecule has 0 bridgehead atoms. The second-order valence-electron chi connectivity index (χ2n) is 9.05. The van der Waals surface area contributed by atoms with Gasteiger partial charge in [-0.1, -0.05) is 12.1 Å². The predicted molar refractivity (Wildman–Crippen MR) is 132 cm³/mol. The molecule has 35 heavy (non-hydrogen) atoms. The zero-order chi connectivity index (χ0) is 24.6. The van der Waals surface area contributed by atoms with Gasteiger partial charge in [0.25, 0.3) is 5.56 Å². The number of nitriles is 1. The van der Waals surface area contributed by atoms with Gasteiger partial charge in [-0.15, -0.1) is 0 Å². The Balaban J connectivity index is 1.62. The fourth-order valence-corrected chi connectivity index (χ4v) is 4.25. The first-order valence-electron chi connectivity index (χ1n) is 11.5. The van der Waals surface area contributed by atoms with Crippen molar-refractivity contribution in [2.75, 3.05) is 11.9 Å². The SMILES string of the molecule is CC(C)(O)c1cccc(-n2c3nc(Nc4ccc5c(c4)CNCC5)ncc3c(=O)n2CCC#N)n1. The Kier molecular flexibility index (Phi) is 5.80. The zero-order valence-electron chi connectivity index (χ0n) is 19.6. The van der Waals surface area contributed by atoms with Crippen LogP contribution in [0.4, 0.5) is 11.6 Å². The van der Waals surface area contributed by atoms with Crippen LogP contribution in [0, 0.1) is 11.3 Å². The molecule has 0 unspecified atom stereocenters. The number of fused-ring (bicyclic) bond motifs is 2. The van der Waals surface area contributed by atoms with Crippen molar-refractivity contribution in [2.24, 2.45) is 0 Å². The van der Waals surface area contributed by atoms with Crippen LogP contribution in [0.1, 0.15) is 37.1 Å². The molecule has 1 aliphatic heterocycles. The highest BCUT2D eigenvalue weighted by Gasteiger charge is 2.22. The van der Waals surface area contributed by atoms with Crippen molar-refractivity contribution in [1.29, 1.82) is 5.26 Å². The van der Waals surface area contributed by atoms with Crippen LogP contribution in [-0.2, 0) is 25.1 Å². The molecule has 5 rings (SSSR count). The van der Waals surface area contributed by atoms with Gasteiger partial charge >= 0.3 is 0 Å². The largest absolute Gasteiger partial charge is 0.384 e. The van der Waals surface area contributed by atoms with Gasteiger partial charge in [-0.3, -0.25) is 4.79 Å². The maximum Gasteiger partial charge on any atom is 0.278 e. The average Bonchev–Trinajstić information content (AvgIpc) is 3.13. The Bertz CT molecular complexity index is 1510. The summed E-state index contributed by atoms with van der Waals surface area (Å²) in [5, 5.41) is 26.5. The van der Waals surface area contributed by atoms with E-state index in [-0.39, 0.29) is 18.5 Å². The average molecular weight is 471 g/mol. The van der Waals surface area contributed by atoms with Crippen LogP contribution in [0.25, 0.3) is 16.9 Å². The molecule has 0 spiro atoms. The van der Waals surface area contributed by atoms with Crippen LogP contribution >= 0.6 is 0 Å². The van der Waals surface area contributed by atoms with E-state index in [2.05, 4.69) is 43.8 Å². The molecule has 0 aliphatic carbocycles. The van der Waals surface area contributed by atoms with Crippen LogP contribution < -0.4 is 16.2 Å². The van der Waals surface area contributed by atoms with Gasteiger partial charge in [0, 0.05) is 18.4 Å². The molecule has 4 heterocycles. The summed E-state index contributed by atoms with van der Waals surface area (Å²) in [6.07, 6.45) is 2.63. The minimum absolute atomic E-state index is 0.142. The van der Waals surface area contributed by atoms with Gasteiger partial charge in [0.1, 0.15) is 11.0 Å². The Morgan fingerprint density at radius 2 is 2.09 bits per heavy atom. The quantitative estimate of drug-likeness (QED) is 0.391. The summed E-state index contributed by atoms with van der Waals surface area (Å²) in [6.45, 7) is 5.25. The van der Waals surface area contributed by atoms with Crippen molar-refractivity contribution in [2.45, 2.75) is 45.4 Å². The van der Waals surface area contributed by atoms with Crippen molar-refractivity contribution in [3.63, 3.8) is 0 Å². The lowest BCUT2D eigenvalue weighted by Crippen LogP contribution is -2.24. The van der Waals surface area contributed by atoms with E-state index in [9.17, 15) is 9.90 Å². The van der Waals surface area contributed by atoms with Gasteiger partial charge in [0.05, 0.1) is 24.7 Å². The molecule has 0 saturated heterocycles. The fraction of sp³-hybridized carbons (Fsp3) is 0.320. The minimum Gasteiger partial charge on any atom is -0.384 e. The molecular formula is C25H26N8O2. The zero-order valence-corrected chi connectivity index (χ0v) is 19.6.